The Labute approximate surface area is 118 Å². The number of hydrogen-bond donors (Lipinski definition) is 0. The first-order valence-electron chi connectivity index (χ1n) is 4.98. The summed E-state index contributed by atoms with van der Waals surface area (Å²) in [6.07, 6.45) is -5.18. The monoisotopic (exact) mass is 351 g/mol. The molecule has 2 nitrogen and oxygen atoms in total. The van der Waals surface area contributed by atoms with Gasteiger partial charge in [-0.2, -0.15) is 13.2 Å². The molecule has 0 aliphatic rings. The van der Waals surface area contributed by atoms with E-state index in [1.54, 1.807) is 30.3 Å². The zero-order valence-electron chi connectivity index (χ0n) is 9.42. The maximum absolute atomic E-state index is 12.3. The summed E-state index contributed by atoms with van der Waals surface area (Å²) in [4.78, 5) is 22.2. The molecule has 0 heterocycles. The van der Waals surface area contributed by atoms with Gasteiger partial charge in [0.05, 0.1) is 5.92 Å². The molecule has 1 radical (unpaired) electrons. The molecule has 6 heteroatoms. The van der Waals surface area contributed by atoms with Gasteiger partial charge in [-0.15, -0.1) is 0 Å². The van der Waals surface area contributed by atoms with Crippen LogP contribution in [0.1, 0.15) is 12.5 Å². The van der Waals surface area contributed by atoms with Gasteiger partial charge in [0.15, 0.2) is 0 Å². The van der Waals surface area contributed by atoms with Crippen molar-refractivity contribution in [2.24, 2.45) is 5.92 Å². The van der Waals surface area contributed by atoms with Crippen LogP contribution in [0.2, 0.25) is 0 Å². The molecule has 0 aliphatic carbocycles. The van der Waals surface area contributed by atoms with Gasteiger partial charge in [0, 0.05) is 22.4 Å². The van der Waals surface area contributed by atoms with Crippen LogP contribution in [-0.2, 0) is 38.4 Å². The van der Waals surface area contributed by atoms with Crippen LogP contribution in [0.5, 0.6) is 0 Å². The van der Waals surface area contributed by atoms with E-state index in [0.717, 1.165) is 6.92 Å². The first-order chi connectivity index (χ1) is 7.82. The Morgan fingerprint density at radius 3 is 2.06 bits per heavy atom. The molecule has 0 fully saturated rings. The zero-order valence-corrected chi connectivity index (χ0v) is 10.9. The Balaban J connectivity index is 0.00000289. The van der Waals surface area contributed by atoms with E-state index in [2.05, 4.69) is 0 Å². The summed E-state index contributed by atoms with van der Waals surface area (Å²) >= 11 is 0. The predicted molar refractivity (Wildman–Crippen MR) is 55.4 cm³/mol. The minimum absolute atomic E-state index is 0. The number of Topliss-reactive ketones (excluding diaryl/α,β-unsaturated/α-hetero) is 2. The topological polar surface area (TPSA) is 34.1 Å². The SMILES string of the molecule is CC(=O)C(Cc1ccccc1)C(=O)C(F)(F)F.[Ag]. The number of halogens is 3. The van der Waals surface area contributed by atoms with Gasteiger partial charge in [0.2, 0.25) is 5.78 Å². The Hall–Kier alpha value is -0.910. The standard InChI is InChI=1S/C12H11F3O2.Ag/c1-8(16)10(11(17)12(13,14)15)7-9-5-3-2-4-6-9;/h2-6,10H,7H2,1H3;. The summed E-state index contributed by atoms with van der Waals surface area (Å²) in [5, 5.41) is 0. The third-order valence-electron chi connectivity index (χ3n) is 2.37. The van der Waals surface area contributed by atoms with Gasteiger partial charge in [-0.05, 0) is 18.9 Å². The van der Waals surface area contributed by atoms with Gasteiger partial charge in [0.1, 0.15) is 5.78 Å². The second-order valence-corrected chi connectivity index (χ2v) is 3.71. The van der Waals surface area contributed by atoms with Gasteiger partial charge < -0.3 is 0 Å². The van der Waals surface area contributed by atoms with Crippen molar-refractivity contribution in [2.45, 2.75) is 19.5 Å². The maximum Gasteiger partial charge on any atom is 0.450 e. The molecule has 0 saturated carbocycles. The Morgan fingerprint density at radius 2 is 1.67 bits per heavy atom. The average molecular weight is 352 g/mol. The fourth-order valence-corrected chi connectivity index (χ4v) is 1.47. The van der Waals surface area contributed by atoms with Gasteiger partial charge in [-0.1, -0.05) is 30.3 Å². The predicted octanol–water partition coefficient (Wildman–Crippen LogP) is 2.56. The molecule has 0 spiro atoms. The fourth-order valence-electron chi connectivity index (χ4n) is 1.47. The molecule has 1 aromatic rings. The summed E-state index contributed by atoms with van der Waals surface area (Å²) in [6, 6.07) is 8.16. The smallest absolute Gasteiger partial charge is 0.299 e. The number of carbonyl (C=O) groups excluding carboxylic acids is 2. The van der Waals surface area contributed by atoms with Crippen LogP contribution in [0.4, 0.5) is 13.2 Å². The van der Waals surface area contributed by atoms with Crippen molar-refractivity contribution < 1.29 is 45.1 Å². The van der Waals surface area contributed by atoms with Gasteiger partial charge in [0.25, 0.3) is 0 Å². The van der Waals surface area contributed by atoms with Crippen molar-refractivity contribution in [1.82, 2.24) is 0 Å². The molecule has 0 saturated heterocycles. The second kappa shape index (κ2) is 6.87. The van der Waals surface area contributed by atoms with E-state index in [-0.39, 0.29) is 28.8 Å². The largest absolute Gasteiger partial charge is 0.450 e. The van der Waals surface area contributed by atoms with Crippen molar-refractivity contribution in [1.29, 1.82) is 0 Å². The molecule has 1 atom stereocenters. The number of rotatable bonds is 4. The van der Waals surface area contributed by atoms with E-state index in [1.165, 1.54) is 0 Å². The van der Waals surface area contributed by atoms with Crippen LogP contribution in [-0.4, -0.2) is 17.7 Å². The van der Waals surface area contributed by atoms with E-state index in [1.807, 2.05) is 0 Å². The van der Waals surface area contributed by atoms with Crippen molar-refractivity contribution in [2.75, 3.05) is 0 Å². The molecule has 0 bridgehead atoms. The van der Waals surface area contributed by atoms with Crippen LogP contribution >= 0.6 is 0 Å². The minimum atomic E-state index is -4.97. The fraction of sp³-hybridized carbons (Fsp3) is 0.333. The normalized spacial score (nSPS) is 12.4. The van der Waals surface area contributed by atoms with Crippen LogP contribution in [0, 0.1) is 5.92 Å². The molecular weight excluding hydrogens is 341 g/mol. The van der Waals surface area contributed by atoms with Crippen LogP contribution < -0.4 is 0 Å². The van der Waals surface area contributed by atoms with Crippen molar-refractivity contribution in [3.63, 3.8) is 0 Å². The van der Waals surface area contributed by atoms with E-state index < -0.39 is 23.7 Å². The van der Waals surface area contributed by atoms with E-state index in [9.17, 15) is 22.8 Å². The minimum Gasteiger partial charge on any atom is -0.299 e. The quantitative estimate of drug-likeness (QED) is 0.617. The van der Waals surface area contributed by atoms with E-state index in [4.69, 9.17) is 0 Å². The van der Waals surface area contributed by atoms with Gasteiger partial charge >= 0.3 is 6.18 Å². The van der Waals surface area contributed by atoms with Crippen LogP contribution in [0.15, 0.2) is 30.3 Å². The number of hydrogen-bond acceptors (Lipinski definition) is 2. The molecule has 1 rings (SSSR count). The molecule has 0 aliphatic heterocycles. The van der Waals surface area contributed by atoms with Gasteiger partial charge in [-0.25, -0.2) is 0 Å². The third-order valence-corrected chi connectivity index (χ3v) is 2.37. The first kappa shape index (κ1) is 17.1. The van der Waals surface area contributed by atoms with Crippen LogP contribution in [0.3, 0.4) is 0 Å². The maximum atomic E-state index is 12.3. The molecule has 0 amide bonds. The Kier molecular flexibility index (Phi) is 6.52. The van der Waals surface area contributed by atoms with Crippen molar-refractivity contribution in [3.8, 4) is 0 Å². The number of carbonyl (C=O) groups is 2. The third kappa shape index (κ3) is 4.76. The van der Waals surface area contributed by atoms with E-state index in [0.29, 0.717) is 5.56 Å². The van der Waals surface area contributed by atoms with Crippen LogP contribution in [0.25, 0.3) is 0 Å². The molecule has 1 unspecified atom stereocenters. The summed E-state index contributed by atoms with van der Waals surface area (Å²) in [5.74, 6) is -4.39. The van der Waals surface area contributed by atoms with Gasteiger partial charge in [-0.3, -0.25) is 9.59 Å². The Bertz CT molecular complexity index is 415. The zero-order chi connectivity index (χ0) is 13.1. The van der Waals surface area contributed by atoms with Crippen molar-refractivity contribution >= 4 is 11.6 Å². The number of ketones is 2. The first-order valence-corrected chi connectivity index (χ1v) is 4.98. The number of benzene rings is 1. The summed E-state index contributed by atoms with van der Waals surface area (Å²) < 4.78 is 36.8. The summed E-state index contributed by atoms with van der Waals surface area (Å²) in [6.45, 7) is 0.997. The average Bonchev–Trinajstić information content (AvgIpc) is 2.24. The molecular formula is C12H11AgF3O2. The Morgan fingerprint density at radius 1 is 1.17 bits per heavy atom. The molecule has 0 N–H and O–H groups in total. The molecule has 1 aromatic carbocycles. The summed E-state index contributed by atoms with van der Waals surface area (Å²) in [5.41, 5.74) is 0.533. The summed E-state index contributed by atoms with van der Waals surface area (Å²) in [7, 11) is 0. The second-order valence-electron chi connectivity index (χ2n) is 3.71. The van der Waals surface area contributed by atoms with E-state index >= 15 is 0 Å². The van der Waals surface area contributed by atoms with Crippen molar-refractivity contribution in [3.05, 3.63) is 35.9 Å². The molecule has 0 aromatic heterocycles. The molecule has 18 heavy (non-hydrogen) atoms. The molecule has 103 valence electrons. The number of alkyl halides is 3.